The van der Waals surface area contributed by atoms with Crippen molar-refractivity contribution >= 4 is 5.97 Å². The molecule has 1 unspecified atom stereocenters. The fourth-order valence-electron chi connectivity index (χ4n) is 6.61. The Labute approximate surface area is 158 Å². The van der Waals surface area contributed by atoms with Crippen LogP contribution in [0.5, 0.6) is 0 Å². The normalized spacial score (nSPS) is 47.0. The maximum atomic E-state index is 12.7. The predicted molar refractivity (Wildman–Crippen MR) is 102 cm³/mol. The van der Waals surface area contributed by atoms with E-state index >= 15 is 0 Å². The average Bonchev–Trinajstić information content (AvgIpc) is 2.88. The van der Waals surface area contributed by atoms with Gasteiger partial charge in [0, 0.05) is 18.8 Å². The summed E-state index contributed by atoms with van der Waals surface area (Å²) in [5, 5.41) is 0. The van der Waals surface area contributed by atoms with Crippen LogP contribution in [0.4, 0.5) is 0 Å². The van der Waals surface area contributed by atoms with Gasteiger partial charge in [0.15, 0.2) is 0 Å². The Morgan fingerprint density at radius 2 is 2.08 bits per heavy atom. The van der Waals surface area contributed by atoms with Gasteiger partial charge in [0.05, 0.1) is 39.8 Å². The molecule has 2 N–H and O–H groups in total. The number of quaternary nitrogens is 2. The maximum absolute atomic E-state index is 12.7. The molecule has 0 bridgehead atoms. The van der Waals surface area contributed by atoms with Gasteiger partial charge in [0.2, 0.25) is 0 Å². The van der Waals surface area contributed by atoms with E-state index < -0.39 is 0 Å². The summed E-state index contributed by atoms with van der Waals surface area (Å²) in [6.07, 6.45) is 8.61. The highest BCUT2D eigenvalue weighted by Crippen LogP contribution is 2.56. The minimum absolute atomic E-state index is 0.0887. The van der Waals surface area contributed by atoms with Crippen molar-refractivity contribution in [3.63, 3.8) is 0 Å². The van der Waals surface area contributed by atoms with Gasteiger partial charge in [-0.05, 0) is 43.4 Å². The van der Waals surface area contributed by atoms with Crippen LogP contribution in [0.15, 0.2) is 12.2 Å². The van der Waals surface area contributed by atoms with Gasteiger partial charge in [-0.2, -0.15) is 0 Å². The van der Waals surface area contributed by atoms with E-state index in [1.807, 2.05) is 0 Å². The molecule has 0 aromatic carbocycles. The van der Waals surface area contributed by atoms with Gasteiger partial charge < -0.3 is 14.5 Å². The van der Waals surface area contributed by atoms with Crippen LogP contribution >= 0.6 is 0 Å². The first-order chi connectivity index (χ1) is 12.4. The molecule has 4 rings (SSSR count). The van der Waals surface area contributed by atoms with E-state index in [0.29, 0.717) is 23.3 Å². The van der Waals surface area contributed by atoms with E-state index in [2.05, 4.69) is 27.6 Å². The lowest BCUT2D eigenvalue weighted by Gasteiger charge is -2.50. The molecule has 4 aliphatic rings. The van der Waals surface area contributed by atoms with E-state index in [0.717, 1.165) is 19.4 Å². The van der Waals surface area contributed by atoms with E-state index in [4.69, 9.17) is 4.74 Å². The Morgan fingerprint density at radius 1 is 1.35 bits per heavy atom. The Morgan fingerprint density at radius 3 is 2.81 bits per heavy atom. The van der Waals surface area contributed by atoms with E-state index in [1.165, 1.54) is 50.8 Å². The summed E-state index contributed by atoms with van der Waals surface area (Å²) in [5.74, 6) is 1.21. The SMILES string of the molecule is C=C1CCC[C@]2(C)C[C@H]3OC(=O)[C@@H](C[NH+](C)C4CC[NH+](C)CC4)[C@H]3C[C@H]12. The van der Waals surface area contributed by atoms with Crippen molar-refractivity contribution in [1.29, 1.82) is 0 Å². The first-order valence-electron chi connectivity index (χ1n) is 10.9. The molecule has 0 spiro atoms. The summed E-state index contributed by atoms with van der Waals surface area (Å²) in [4.78, 5) is 15.9. The van der Waals surface area contributed by atoms with Gasteiger partial charge in [-0.25, -0.2) is 0 Å². The van der Waals surface area contributed by atoms with Crippen molar-refractivity contribution in [3.05, 3.63) is 12.2 Å². The van der Waals surface area contributed by atoms with E-state index in [-0.39, 0.29) is 18.0 Å². The molecule has 2 heterocycles. The molecule has 2 aliphatic heterocycles. The van der Waals surface area contributed by atoms with Crippen molar-refractivity contribution in [2.24, 2.45) is 23.2 Å². The minimum atomic E-state index is 0.0887. The first kappa shape index (κ1) is 18.5. The summed E-state index contributed by atoms with van der Waals surface area (Å²) in [6, 6.07) is 0.712. The Balaban J connectivity index is 1.44. The number of fused-ring (bicyclic) bond motifs is 2. The molecule has 26 heavy (non-hydrogen) atoms. The molecular formula is C22H38N2O2+2. The third-order valence-corrected chi connectivity index (χ3v) is 8.40. The molecule has 2 saturated carbocycles. The minimum Gasteiger partial charge on any atom is -0.462 e. The molecule has 2 aliphatic carbocycles. The summed E-state index contributed by atoms with van der Waals surface area (Å²) in [7, 11) is 4.60. The molecule has 0 amide bonds. The highest BCUT2D eigenvalue weighted by molar-refractivity contribution is 5.75. The number of esters is 1. The monoisotopic (exact) mass is 362 g/mol. The number of ether oxygens (including phenoxy) is 1. The van der Waals surface area contributed by atoms with Gasteiger partial charge >= 0.3 is 5.97 Å². The molecule has 0 radical (unpaired) electrons. The molecule has 146 valence electrons. The average molecular weight is 363 g/mol. The zero-order chi connectivity index (χ0) is 18.5. The van der Waals surface area contributed by atoms with Crippen LogP contribution in [0.3, 0.4) is 0 Å². The van der Waals surface area contributed by atoms with Crippen molar-refractivity contribution in [2.45, 2.75) is 64.0 Å². The molecule has 6 atom stereocenters. The van der Waals surface area contributed by atoms with Crippen molar-refractivity contribution in [1.82, 2.24) is 0 Å². The van der Waals surface area contributed by atoms with Crippen LogP contribution < -0.4 is 9.80 Å². The van der Waals surface area contributed by atoms with Crippen LogP contribution in [-0.2, 0) is 9.53 Å². The number of rotatable bonds is 3. The third-order valence-electron chi connectivity index (χ3n) is 8.40. The van der Waals surface area contributed by atoms with Crippen molar-refractivity contribution in [3.8, 4) is 0 Å². The summed E-state index contributed by atoms with van der Waals surface area (Å²) in [5.41, 5.74) is 1.75. The topological polar surface area (TPSA) is 35.2 Å². The van der Waals surface area contributed by atoms with E-state index in [1.54, 1.807) is 9.80 Å². The second-order valence-electron chi connectivity index (χ2n) is 10.2. The lowest BCUT2D eigenvalue weighted by atomic mass is 9.55. The Bertz CT molecular complexity index is 568. The van der Waals surface area contributed by atoms with Gasteiger partial charge in [0.1, 0.15) is 12.0 Å². The first-order valence-corrected chi connectivity index (χ1v) is 10.9. The Hall–Kier alpha value is -0.870. The number of hydrogen-bond acceptors (Lipinski definition) is 2. The second-order valence-corrected chi connectivity index (χ2v) is 10.2. The lowest BCUT2D eigenvalue weighted by molar-refractivity contribution is -0.941. The quantitative estimate of drug-likeness (QED) is 0.566. The van der Waals surface area contributed by atoms with Crippen LogP contribution in [0, 0.1) is 23.2 Å². The number of carbonyl (C=O) groups is 1. The highest BCUT2D eigenvalue weighted by atomic mass is 16.6. The van der Waals surface area contributed by atoms with Crippen LogP contribution in [0.2, 0.25) is 0 Å². The molecule has 4 heteroatoms. The standard InChI is InChI=1S/C22H36N2O2/c1-15-6-5-9-22(2)13-20-17(12-19(15)22)18(21(25)26-20)14-24(4)16-7-10-23(3)11-8-16/h16-20H,1,5-14H2,2-4H3/p+2/t17-,18+,19-,20-,22-/m1/s1. The molecule has 4 nitrogen and oxygen atoms in total. The number of nitrogens with one attached hydrogen (secondary N) is 2. The fraction of sp³-hybridized carbons (Fsp3) is 0.864. The Kier molecular flexibility index (Phi) is 4.94. The van der Waals surface area contributed by atoms with Crippen LogP contribution in [-0.4, -0.2) is 51.8 Å². The number of allylic oxidation sites excluding steroid dienone is 1. The van der Waals surface area contributed by atoms with Crippen LogP contribution in [0.25, 0.3) is 0 Å². The molecule has 4 fully saturated rings. The van der Waals surface area contributed by atoms with Crippen molar-refractivity contribution in [2.75, 3.05) is 33.7 Å². The van der Waals surface area contributed by atoms with E-state index in [9.17, 15) is 4.79 Å². The van der Waals surface area contributed by atoms with Crippen LogP contribution in [0.1, 0.15) is 51.9 Å². The van der Waals surface area contributed by atoms with Gasteiger partial charge in [-0.3, -0.25) is 4.79 Å². The van der Waals surface area contributed by atoms with Gasteiger partial charge in [0.25, 0.3) is 0 Å². The number of carbonyl (C=O) groups excluding carboxylic acids is 1. The fourth-order valence-corrected chi connectivity index (χ4v) is 6.61. The molecular weight excluding hydrogens is 324 g/mol. The van der Waals surface area contributed by atoms with Gasteiger partial charge in [-0.15, -0.1) is 0 Å². The molecule has 0 aromatic heterocycles. The number of hydrogen-bond donors (Lipinski definition) is 2. The summed E-state index contributed by atoms with van der Waals surface area (Å²) >= 11 is 0. The number of likely N-dealkylation sites (tertiary alicyclic amines) is 1. The molecule has 2 saturated heterocycles. The predicted octanol–water partition coefficient (Wildman–Crippen LogP) is 0.492. The summed E-state index contributed by atoms with van der Waals surface area (Å²) < 4.78 is 5.95. The lowest BCUT2D eigenvalue weighted by Crippen LogP contribution is -3.18. The highest BCUT2D eigenvalue weighted by Gasteiger charge is 2.56. The second kappa shape index (κ2) is 6.94. The zero-order valence-electron chi connectivity index (χ0n) is 17.0. The third kappa shape index (κ3) is 3.24. The number of piperidine rings is 1. The zero-order valence-corrected chi connectivity index (χ0v) is 17.0. The smallest absolute Gasteiger partial charge is 0.315 e. The largest absolute Gasteiger partial charge is 0.462 e. The molecule has 0 aromatic rings. The van der Waals surface area contributed by atoms with Gasteiger partial charge in [-0.1, -0.05) is 19.1 Å². The maximum Gasteiger partial charge on any atom is 0.315 e. The van der Waals surface area contributed by atoms with Crippen molar-refractivity contribution < 1.29 is 19.3 Å². The summed E-state index contributed by atoms with van der Waals surface area (Å²) in [6.45, 7) is 10.3.